The minimum atomic E-state index is -1.49. The highest BCUT2D eigenvalue weighted by molar-refractivity contribution is 8.03. The molecule has 0 saturated carbocycles. The highest BCUT2D eigenvalue weighted by atomic mass is 32.2. The fraction of sp³-hybridized carbons (Fsp3) is 0.333. The van der Waals surface area contributed by atoms with Crippen LogP contribution in [0.3, 0.4) is 0 Å². The van der Waals surface area contributed by atoms with Crippen LogP contribution in [-0.4, -0.2) is 43.0 Å². The number of hydrogen-bond acceptors (Lipinski definition) is 7. The number of amides is 1. The number of nitrogens with zero attached hydrogens (tertiary/aromatic N) is 2. The largest absolute Gasteiger partial charge is 0.493 e. The number of rotatable bonds is 5. The quantitative estimate of drug-likeness (QED) is 0.740. The lowest BCUT2D eigenvalue weighted by Crippen LogP contribution is -2.48. The normalized spacial score (nSPS) is 22.4. The Labute approximate surface area is 191 Å². The summed E-state index contributed by atoms with van der Waals surface area (Å²) in [5.41, 5.74) is 1.34. The summed E-state index contributed by atoms with van der Waals surface area (Å²) in [6.45, 7) is 1.96. The molecule has 0 aromatic heterocycles. The van der Waals surface area contributed by atoms with Crippen LogP contribution in [0, 0.1) is 18.3 Å². The average Bonchev–Trinajstić information content (AvgIpc) is 3.17. The molecule has 8 heteroatoms. The SMILES string of the molecule is COc1cc([C@@H]2CC(=O)N3C(=C2C#N)SC[C@@]3(O)c2ccc(C)cc2)cc(OC)c1OC. The van der Waals surface area contributed by atoms with Crippen molar-refractivity contribution < 1.29 is 24.1 Å². The van der Waals surface area contributed by atoms with Gasteiger partial charge in [-0.15, -0.1) is 11.8 Å². The molecule has 0 unspecified atom stereocenters. The van der Waals surface area contributed by atoms with Crippen molar-refractivity contribution in [2.75, 3.05) is 27.1 Å². The van der Waals surface area contributed by atoms with Crippen LogP contribution >= 0.6 is 11.8 Å². The van der Waals surface area contributed by atoms with Crippen LogP contribution in [-0.2, 0) is 10.5 Å². The van der Waals surface area contributed by atoms with E-state index >= 15 is 0 Å². The van der Waals surface area contributed by atoms with Gasteiger partial charge in [-0.3, -0.25) is 9.69 Å². The van der Waals surface area contributed by atoms with Crippen molar-refractivity contribution in [3.8, 4) is 23.3 Å². The van der Waals surface area contributed by atoms with Gasteiger partial charge in [0, 0.05) is 17.9 Å². The monoisotopic (exact) mass is 452 g/mol. The molecule has 2 atom stereocenters. The highest BCUT2D eigenvalue weighted by Crippen LogP contribution is 2.52. The lowest BCUT2D eigenvalue weighted by Gasteiger charge is -2.38. The summed E-state index contributed by atoms with van der Waals surface area (Å²) in [4.78, 5) is 14.7. The van der Waals surface area contributed by atoms with Gasteiger partial charge in [-0.05, 0) is 24.6 Å². The number of benzene rings is 2. The second-order valence-electron chi connectivity index (χ2n) is 7.75. The lowest BCUT2D eigenvalue weighted by molar-refractivity contribution is -0.149. The first-order valence-electron chi connectivity index (χ1n) is 10.1. The number of thioether (sulfide) groups is 1. The van der Waals surface area contributed by atoms with E-state index in [1.54, 1.807) is 12.1 Å². The molecule has 1 saturated heterocycles. The molecule has 2 aliphatic rings. The molecule has 2 aromatic carbocycles. The third kappa shape index (κ3) is 3.38. The van der Waals surface area contributed by atoms with Gasteiger partial charge in [0.05, 0.1) is 43.8 Å². The standard InChI is InChI=1S/C24H24N2O5S/c1-14-5-7-16(8-6-14)24(28)13-32-23-18(12-25)17(11-21(27)26(23)24)15-9-19(29-2)22(31-4)20(10-15)30-3/h5-10,17,28H,11,13H2,1-4H3/t17-,24+/m0/s1. The number of aliphatic hydroxyl groups is 1. The predicted octanol–water partition coefficient (Wildman–Crippen LogP) is 3.66. The number of aryl methyl sites for hydroxylation is 1. The number of ether oxygens (including phenoxy) is 3. The number of hydrogen-bond donors (Lipinski definition) is 1. The van der Waals surface area contributed by atoms with Crippen LogP contribution in [0.5, 0.6) is 17.2 Å². The molecule has 1 fully saturated rings. The van der Waals surface area contributed by atoms with Crippen molar-refractivity contribution in [1.29, 1.82) is 5.26 Å². The molecule has 0 bridgehead atoms. The Hall–Kier alpha value is -3.15. The number of fused-ring (bicyclic) bond motifs is 1. The molecule has 0 aliphatic carbocycles. The summed E-state index contributed by atoms with van der Waals surface area (Å²) < 4.78 is 16.3. The van der Waals surface area contributed by atoms with E-state index in [1.807, 2.05) is 31.2 Å². The smallest absolute Gasteiger partial charge is 0.231 e. The predicted molar refractivity (Wildman–Crippen MR) is 120 cm³/mol. The Kier molecular flexibility index (Phi) is 5.80. The van der Waals surface area contributed by atoms with E-state index in [9.17, 15) is 15.2 Å². The topological polar surface area (TPSA) is 92.0 Å². The van der Waals surface area contributed by atoms with Crippen molar-refractivity contribution >= 4 is 17.7 Å². The molecular weight excluding hydrogens is 428 g/mol. The summed E-state index contributed by atoms with van der Waals surface area (Å²) in [6.07, 6.45) is 0.0414. The first-order valence-corrected chi connectivity index (χ1v) is 11.1. The first-order chi connectivity index (χ1) is 15.4. The van der Waals surface area contributed by atoms with Gasteiger partial charge in [-0.25, -0.2) is 0 Å². The van der Waals surface area contributed by atoms with Crippen molar-refractivity contribution in [2.45, 2.75) is 25.0 Å². The molecular formula is C24H24N2O5S. The van der Waals surface area contributed by atoms with E-state index in [0.29, 0.717) is 39.0 Å². The van der Waals surface area contributed by atoms with Crippen molar-refractivity contribution in [3.05, 3.63) is 63.7 Å². The van der Waals surface area contributed by atoms with Gasteiger partial charge in [-0.1, -0.05) is 29.8 Å². The Bertz CT molecular complexity index is 1110. The van der Waals surface area contributed by atoms with E-state index in [1.165, 1.54) is 38.0 Å². The summed E-state index contributed by atoms with van der Waals surface area (Å²) >= 11 is 1.32. The number of allylic oxidation sites excluding steroid dienone is 1. The summed E-state index contributed by atoms with van der Waals surface area (Å²) in [5, 5.41) is 22.1. The Morgan fingerprint density at radius 1 is 1.12 bits per heavy atom. The molecule has 7 nitrogen and oxygen atoms in total. The van der Waals surface area contributed by atoms with Gasteiger partial charge in [0.1, 0.15) is 0 Å². The fourth-order valence-corrected chi connectivity index (χ4v) is 5.61. The molecule has 1 N–H and O–H groups in total. The van der Waals surface area contributed by atoms with Gasteiger partial charge in [0.25, 0.3) is 0 Å². The van der Waals surface area contributed by atoms with Crippen LogP contribution in [0.2, 0.25) is 0 Å². The molecule has 0 radical (unpaired) electrons. The third-order valence-electron chi connectivity index (χ3n) is 5.91. The maximum Gasteiger partial charge on any atom is 0.231 e. The van der Waals surface area contributed by atoms with Crippen molar-refractivity contribution in [3.63, 3.8) is 0 Å². The summed E-state index contributed by atoms with van der Waals surface area (Å²) in [7, 11) is 4.56. The molecule has 1 amide bonds. The van der Waals surface area contributed by atoms with Gasteiger partial charge in [0.15, 0.2) is 17.2 Å². The summed E-state index contributed by atoms with van der Waals surface area (Å²) in [5.74, 6) is 0.872. The Balaban J connectivity index is 1.82. The van der Waals surface area contributed by atoms with Crippen LogP contribution < -0.4 is 14.2 Å². The zero-order valence-electron chi connectivity index (χ0n) is 18.3. The molecule has 32 heavy (non-hydrogen) atoms. The number of methoxy groups -OCH3 is 3. The minimum Gasteiger partial charge on any atom is -0.493 e. The number of carbonyl (C=O) groups is 1. The molecule has 2 aromatic rings. The van der Waals surface area contributed by atoms with Gasteiger partial charge in [0.2, 0.25) is 11.7 Å². The third-order valence-corrected chi connectivity index (χ3v) is 7.14. The molecule has 0 spiro atoms. The number of nitriles is 1. The molecule has 166 valence electrons. The molecule has 2 aliphatic heterocycles. The van der Waals surface area contributed by atoms with Crippen LogP contribution in [0.4, 0.5) is 0 Å². The highest BCUT2D eigenvalue weighted by Gasteiger charge is 2.51. The summed E-state index contributed by atoms with van der Waals surface area (Å²) in [6, 6.07) is 13.3. The lowest BCUT2D eigenvalue weighted by atomic mass is 9.85. The van der Waals surface area contributed by atoms with Crippen molar-refractivity contribution in [2.24, 2.45) is 0 Å². The van der Waals surface area contributed by atoms with Crippen LogP contribution in [0.25, 0.3) is 0 Å². The van der Waals surface area contributed by atoms with E-state index in [0.717, 1.165) is 5.56 Å². The molecule has 4 rings (SSSR count). The van der Waals surface area contributed by atoms with Crippen LogP contribution in [0.15, 0.2) is 47.0 Å². The average molecular weight is 453 g/mol. The molecule has 2 heterocycles. The maximum atomic E-state index is 13.3. The zero-order chi connectivity index (χ0) is 23.0. The van der Waals surface area contributed by atoms with Gasteiger partial charge >= 0.3 is 0 Å². The van der Waals surface area contributed by atoms with Crippen molar-refractivity contribution in [1.82, 2.24) is 4.90 Å². The minimum absolute atomic E-state index is 0.0414. The van der Waals surface area contributed by atoms with E-state index in [4.69, 9.17) is 14.2 Å². The van der Waals surface area contributed by atoms with Gasteiger partial charge in [-0.2, -0.15) is 5.26 Å². The van der Waals surface area contributed by atoms with E-state index < -0.39 is 11.6 Å². The first kappa shape index (κ1) is 22.1. The zero-order valence-corrected chi connectivity index (χ0v) is 19.2. The fourth-order valence-electron chi connectivity index (χ4n) is 4.25. The van der Waals surface area contributed by atoms with Crippen LogP contribution in [0.1, 0.15) is 29.0 Å². The van der Waals surface area contributed by atoms with E-state index in [-0.39, 0.29) is 18.1 Å². The second kappa shape index (κ2) is 8.41. The van der Waals surface area contributed by atoms with Gasteiger partial charge < -0.3 is 19.3 Å². The van der Waals surface area contributed by atoms with E-state index in [2.05, 4.69) is 6.07 Å². The second-order valence-corrected chi connectivity index (χ2v) is 8.71. The Morgan fingerprint density at radius 3 is 2.28 bits per heavy atom. The maximum absolute atomic E-state index is 13.3. The number of carbonyl (C=O) groups excluding carboxylic acids is 1. The Morgan fingerprint density at radius 2 is 1.75 bits per heavy atom.